The zero-order chi connectivity index (χ0) is 13.1. The van der Waals surface area contributed by atoms with Crippen molar-refractivity contribution in [2.75, 3.05) is 5.75 Å². The van der Waals surface area contributed by atoms with Gasteiger partial charge in [-0.3, -0.25) is 4.98 Å². The minimum absolute atomic E-state index is 0.0273. The quantitative estimate of drug-likeness (QED) is 0.788. The van der Waals surface area contributed by atoms with E-state index >= 15 is 0 Å². The summed E-state index contributed by atoms with van der Waals surface area (Å²) in [5, 5.41) is 11.7. The second-order valence-corrected chi connectivity index (χ2v) is 5.02. The third-order valence-electron chi connectivity index (χ3n) is 2.84. The number of aliphatic carboxylic acids is 1. The first-order valence-electron chi connectivity index (χ1n) is 5.84. The number of thioether (sulfide) groups is 1. The molecule has 0 spiro atoms. The number of fused-ring (bicyclic) bond motifs is 1. The number of para-hydroxylation sites is 1. The van der Waals surface area contributed by atoms with Gasteiger partial charge in [-0.25, -0.2) is 0 Å². The van der Waals surface area contributed by atoms with E-state index in [1.165, 1.54) is 11.8 Å². The van der Waals surface area contributed by atoms with Crippen molar-refractivity contribution < 1.29 is 9.90 Å². The molecule has 0 N–H and O–H groups in total. The number of aryl methyl sites for hydroxylation is 1. The van der Waals surface area contributed by atoms with Gasteiger partial charge >= 0.3 is 0 Å². The fourth-order valence-electron chi connectivity index (χ4n) is 2.05. The Morgan fingerprint density at radius 3 is 2.78 bits per heavy atom. The van der Waals surface area contributed by atoms with Gasteiger partial charge in [0.25, 0.3) is 0 Å². The normalized spacial score (nSPS) is 10.8. The molecule has 0 fully saturated rings. The molecule has 1 heterocycles. The van der Waals surface area contributed by atoms with E-state index in [4.69, 9.17) is 0 Å². The van der Waals surface area contributed by atoms with Crippen LogP contribution in [-0.2, 0) is 11.2 Å². The van der Waals surface area contributed by atoms with Crippen molar-refractivity contribution in [3.63, 3.8) is 0 Å². The van der Waals surface area contributed by atoms with Gasteiger partial charge in [-0.05, 0) is 25.0 Å². The van der Waals surface area contributed by atoms with Crippen LogP contribution in [0.5, 0.6) is 0 Å². The van der Waals surface area contributed by atoms with Crippen molar-refractivity contribution in [1.29, 1.82) is 0 Å². The van der Waals surface area contributed by atoms with E-state index in [1.54, 1.807) is 0 Å². The Bertz CT molecular complexity index is 596. The average molecular weight is 260 g/mol. The second-order valence-electron chi connectivity index (χ2n) is 4.04. The van der Waals surface area contributed by atoms with Gasteiger partial charge in [-0.1, -0.05) is 25.1 Å². The van der Waals surface area contributed by atoms with E-state index in [0.717, 1.165) is 33.5 Å². The number of aromatic nitrogens is 1. The maximum Gasteiger partial charge on any atom is 0.0716 e. The third-order valence-corrected chi connectivity index (χ3v) is 3.97. The van der Waals surface area contributed by atoms with Crippen LogP contribution in [0.25, 0.3) is 10.9 Å². The van der Waals surface area contributed by atoms with Crippen LogP contribution in [0.2, 0.25) is 0 Å². The van der Waals surface area contributed by atoms with E-state index in [1.807, 2.05) is 31.2 Å². The summed E-state index contributed by atoms with van der Waals surface area (Å²) in [6.07, 6.45) is 0.846. The molecule has 2 rings (SSSR count). The molecule has 4 heteroatoms. The van der Waals surface area contributed by atoms with Crippen LogP contribution in [0.1, 0.15) is 18.2 Å². The number of nitrogens with zero attached hydrogens (tertiary/aromatic N) is 1. The Hall–Kier alpha value is -1.55. The van der Waals surface area contributed by atoms with Crippen molar-refractivity contribution in [2.24, 2.45) is 0 Å². The molecule has 0 saturated carbocycles. The molecule has 18 heavy (non-hydrogen) atoms. The molecule has 0 unspecified atom stereocenters. The molecule has 0 radical (unpaired) electrons. The van der Waals surface area contributed by atoms with Gasteiger partial charge in [0.2, 0.25) is 0 Å². The van der Waals surface area contributed by atoms with E-state index < -0.39 is 5.97 Å². The third kappa shape index (κ3) is 2.48. The molecule has 0 amide bonds. The lowest BCUT2D eigenvalue weighted by molar-refractivity contribution is -0.301. The van der Waals surface area contributed by atoms with E-state index in [-0.39, 0.29) is 5.75 Å². The summed E-state index contributed by atoms with van der Waals surface area (Å²) < 4.78 is 0. The van der Waals surface area contributed by atoms with E-state index in [9.17, 15) is 9.90 Å². The summed E-state index contributed by atoms with van der Waals surface area (Å²) in [6.45, 7) is 4.02. The van der Waals surface area contributed by atoms with Crippen LogP contribution in [0, 0.1) is 6.92 Å². The first-order valence-corrected chi connectivity index (χ1v) is 6.83. The molecule has 1 aromatic carbocycles. The highest BCUT2D eigenvalue weighted by Gasteiger charge is 2.11. The van der Waals surface area contributed by atoms with Crippen molar-refractivity contribution in [1.82, 2.24) is 4.98 Å². The second kappa shape index (κ2) is 5.40. The van der Waals surface area contributed by atoms with Gasteiger partial charge in [-0.15, -0.1) is 11.8 Å². The topological polar surface area (TPSA) is 53.0 Å². The van der Waals surface area contributed by atoms with Crippen molar-refractivity contribution >= 4 is 28.6 Å². The fraction of sp³-hybridized carbons (Fsp3) is 0.286. The highest BCUT2D eigenvalue weighted by atomic mass is 32.2. The first kappa shape index (κ1) is 12.9. The standard InChI is InChI=1S/C14H15NO2S/c1-3-10-9(2)15-12-7-5-4-6-11(12)14(10)18-8-13(16)17/h4-7H,3,8H2,1-2H3,(H,16,17)/p-1. The smallest absolute Gasteiger partial charge is 0.0716 e. The lowest BCUT2D eigenvalue weighted by Gasteiger charge is -2.14. The molecule has 94 valence electrons. The van der Waals surface area contributed by atoms with Gasteiger partial charge in [0, 0.05) is 21.7 Å². The van der Waals surface area contributed by atoms with Gasteiger partial charge in [-0.2, -0.15) is 0 Å². The van der Waals surface area contributed by atoms with E-state index in [0.29, 0.717) is 0 Å². The molecule has 1 aromatic heterocycles. The van der Waals surface area contributed by atoms with Crippen molar-refractivity contribution in [2.45, 2.75) is 25.2 Å². The summed E-state index contributed by atoms with van der Waals surface area (Å²) in [6, 6.07) is 7.82. The predicted molar refractivity (Wildman–Crippen MR) is 71.6 cm³/mol. The Morgan fingerprint density at radius 2 is 2.11 bits per heavy atom. The predicted octanol–water partition coefficient (Wildman–Crippen LogP) is 1.95. The Labute approximate surface area is 110 Å². The summed E-state index contributed by atoms with van der Waals surface area (Å²) in [7, 11) is 0. The number of pyridine rings is 1. The van der Waals surface area contributed by atoms with Crippen LogP contribution < -0.4 is 5.11 Å². The van der Waals surface area contributed by atoms with Gasteiger partial charge in [0.1, 0.15) is 0 Å². The number of carbonyl (C=O) groups is 1. The summed E-state index contributed by atoms with van der Waals surface area (Å²) in [4.78, 5) is 16.2. The zero-order valence-electron chi connectivity index (χ0n) is 10.4. The molecule has 0 aliphatic rings. The molecular weight excluding hydrogens is 246 g/mol. The lowest BCUT2D eigenvalue weighted by atomic mass is 10.1. The van der Waals surface area contributed by atoms with E-state index in [2.05, 4.69) is 11.9 Å². The maximum atomic E-state index is 10.6. The average Bonchev–Trinajstić information content (AvgIpc) is 2.35. The SMILES string of the molecule is CCc1c(C)nc2ccccc2c1SCC(=O)[O-]. The van der Waals surface area contributed by atoms with Crippen molar-refractivity contribution in [3.05, 3.63) is 35.5 Å². The molecule has 0 aliphatic carbocycles. The molecule has 0 aliphatic heterocycles. The number of benzene rings is 1. The van der Waals surface area contributed by atoms with Gasteiger partial charge < -0.3 is 9.90 Å². The molecular formula is C14H14NO2S-. The van der Waals surface area contributed by atoms with Gasteiger partial charge in [0.05, 0.1) is 11.5 Å². The number of carboxylic acid groups (broad SMARTS) is 1. The number of hydrogen-bond donors (Lipinski definition) is 0. The first-order chi connectivity index (χ1) is 8.63. The summed E-state index contributed by atoms with van der Waals surface area (Å²) in [5.74, 6) is -1.07. The van der Waals surface area contributed by atoms with Crippen LogP contribution in [0.4, 0.5) is 0 Å². The highest BCUT2D eigenvalue weighted by Crippen LogP contribution is 2.32. The fourth-order valence-corrected chi connectivity index (χ4v) is 3.11. The number of rotatable bonds is 4. The number of carboxylic acids is 1. The number of hydrogen-bond acceptors (Lipinski definition) is 4. The molecule has 3 nitrogen and oxygen atoms in total. The molecule has 0 bridgehead atoms. The minimum atomic E-state index is -1.04. The monoisotopic (exact) mass is 260 g/mol. The zero-order valence-corrected chi connectivity index (χ0v) is 11.2. The van der Waals surface area contributed by atoms with Crippen LogP contribution in [0.3, 0.4) is 0 Å². The summed E-state index contributed by atoms with van der Waals surface area (Å²) in [5.41, 5.74) is 3.00. The Kier molecular flexibility index (Phi) is 3.87. The Morgan fingerprint density at radius 1 is 1.39 bits per heavy atom. The maximum absolute atomic E-state index is 10.6. The molecule has 2 aromatic rings. The lowest BCUT2D eigenvalue weighted by Crippen LogP contribution is -2.24. The van der Waals surface area contributed by atoms with Crippen LogP contribution in [-0.4, -0.2) is 16.7 Å². The molecule has 0 saturated heterocycles. The Balaban J connectivity index is 2.60. The van der Waals surface area contributed by atoms with Crippen LogP contribution in [0.15, 0.2) is 29.2 Å². The van der Waals surface area contributed by atoms with Crippen molar-refractivity contribution in [3.8, 4) is 0 Å². The largest absolute Gasteiger partial charge is 0.549 e. The number of carbonyl (C=O) groups excluding carboxylic acids is 1. The van der Waals surface area contributed by atoms with Crippen LogP contribution >= 0.6 is 11.8 Å². The highest BCUT2D eigenvalue weighted by molar-refractivity contribution is 8.00. The molecule has 0 atom stereocenters. The van der Waals surface area contributed by atoms with Gasteiger partial charge in [0.15, 0.2) is 0 Å². The minimum Gasteiger partial charge on any atom is -0.549 e. The summed E-state index contributed by atoms with van der Waals surface area (Å²) >= 11 is 1.32.